The Bertz CT molecular complexity index is 4530. The van der Waals surface area contributed by atoms with Gasteiger partial charge in [-0.3, -0.25) is 4.79 Å². The fraction of sp³-hybridized carbons (Fsp3) is 0.0128. The molecule has 5 heteroatoms. The zero-order valence-electron chi connectivity index (χ0n) is 45.8. The highest BCUT2D eigenvalue weighted by Crippen LogP contribution is 2.48. The average molecular weight is 1070 g/mol. The first-order chi connectivity index (χ1) is 41.0. The predicted molar refractivity (Wildman–Crippen MR) is 350 cm³/mol. The van der Waals surface area contributed by atoms with Gasteiger partial charge in [0.2, 0.25) is 0 Å². The van der Waals surface area contributed by atoms with E-state index >= 15 is 4.79 Å². The van der Waals surface area contributed by atoms with E-state index < -0.39 is 0 Å². The van der Waals surface area contributed by atoms with E-state index in [1.165, 1.54) is 0 Å². The van der Waals surface area contributed by atoms with Crippen LogP contribution in [-0.2, 0) is 0 Å². The van der Waals surface area contributed by atoms with Crippen molar-refractivity contribution in [3.05, 3.63) is 338 Å². The van der Waals surface area contributed by atoms with Gasteiger partial charge in [-0.2, -0.15) is 0 Å². The van der Waals surface area contributed by atoms with E-state index in [1.54, 1.807) is 0 Å². The van der Waals surface area contributed by atoms with Crippen LogP contribution in [0.25, 0.3) is 43.1 Å². The van der Waals surface area contributed by atoms with Crippen molar-refractivity contribution < 1.29 is 4.79 Å². The van der Waals surface area contributed by atoms with Gasteiger partial charge in [-0.05, 0) is 143 Å². The van der Waals surface area contributed by atoms with Gasteiger partial charge in [0.1, 0.15) is 0 Å². The lowest BCUT2D eigenvalue weighted by Gasteiger charge is -2.32. The molecular weight excluding hydrogens is 1010 g/mol. The summed E-state index contributed by atoms with van der Waals surface area (Å²) in [5.41, 5.74) is 13.3. The number of aryl methyl sites for hydroxylation is 1. The molecule has 0 N–H and O–H groups in total. The van der Waals surface area contributed by atoms with Crippen LogP contribution in [0.4, 0.5) is 68.2 Å². The molecule has 0 unspecified atom stereocenters. The van der Waals surface area contributed by atoms with Crippen LogP contribution >= 0.6 is 0 Å². The van der Waals surface area contributed by atoms with Crippen molar-refractivity contribution in [1.29, 1.82) is 0 Å². The summed E-state index contributed by atoms with van der Waals surface area (Å²) in [6.07, 6.45) is 0. The number of benzene rings is 14. The Labute approximate surface area is 484 Å². The van der Waals surface area contributed by atoms with Crippen molar-refractivity contribution in [1.82, 2.24) is 0 Å². The molecule has 0 radical (unpaired) electrons. The molecule has 0 atom stereocenters. The molecule has 5 nitrogen and oxygen atoms in total. The molecule has 394 valence electrons. The Balaban J connectivity index is 1.07. The molecule has 0 saturated heterocycles. The lowest BCUT2D eigenvalue weighted by molar-refractivity contribution is 0.103. The third kappa shape index (κ3) is 9.66. The number of para-hydroxylation sites is 3. The number of ketones is 1. The second-order valence-corrected chi connectivity index (χ2v) is 21.0. The van der Waals surface area contributed by atoms with E-state index in [0.29, 0.717) is 11.1 Å². The molecule has 0 saturated carbocycles. The molecule has 0 aromatic heterocycles. The fourth-order valence-corrected chi connectivity index (χ4v) is 12.0. The summed E-state index contributed by atoms with van der Waals surface area (Å²) in [4.78, 5) is 26.1. The molecule has 0 heterocycles. The summed E-state index contributed by atoms with van der Waals surface area (Å²) in [6, 6.07) is 113. The summed E-state index contributed by atoms with van der Waals surface area (Å²) in [7, 11) is 0. The first-order valence-electron chi connectivity index (χ1n) is 28.2. The zero-order chi connectivity index (χ0) is 55.6. The van der Waals surface area contributed by atoms with Crippen LogP contribution in [0.15, 0.2) is 322 Å². The van der Waals surface area contributed by atoms with E-state index in [-0.39, 0.29) is 5.78 Å². The maximum absolute atomic E-state index is 16.9. The summed E-state index contributed by atoms with van der Waals surface area (Å²) in [5.74, 6) is -0.138. The average Bonchev–Trinajstić information content (AvgIpc) is 3.61. The van der Waals surface area contributed by atoms with Crippen molar-refractivity contribution in [2.75, 3.05) is 19.6 Å². The molecule has 0 fully saturated rings. The van der Waals surface area contributed by atoms with Crippen LogP contribution in [0.3, 0.4) is 0 Å². The Hall–Kier alpha value is -11.0. The van der Waals surface area contributed by atoms with Gasteiger partial charge in [0.15, 0.2) is 5.78 Å². The Kier molecular flexibility index (Phi) is 13.3. The molecule has 0 amide bonds. The maximum atomic E-state index is 16.9. The SMILES string of the molecule is Cc1cccc(N(c2cc(C(=O)c3cc(N(c4ccccc4)c4cccc5ccccc45)cc(N(c4ccccc4)c4cccc5ccccc45)c3)cc(N(c3ccccc3)c3cccc4ccccc34)c2)c2cccc3ccccc23)c1. The van der Waals surface area contributed by atoms with Gasteiger partial charge >= 0.3 is 0 Å². The number of rotatable bonds is 14. The monoisotopic (exact) mass is 1060 g/mol. The summed E-state index contributed by atoms with van der Waals surface area (Å²) in [5, 5.41) is 8.80. The number of hydrogen-bond acceptors (Lipinski definition) is 5. The van der Waals surface area contributed by atoms with E-state index in [4.69, 9.17) is 0 Å². The summed E-state index contributed by atoms with van der Waals surface area (Å²) < 4.78 is 0. The molecule has 14 rings (SSSR count). The highest BCUT2D eigenvalue weighted by molar-refractivity contribution is 6.13. The van der Waals surface area contributed by atoms with Gasteiger partial charge < -0.3 is 19.6 Å². The maximum Gasteiger partial charge on any atom is 0.193 e. The van der Waals surface area contributed by atoms with Gasteiger partial charge in [-0.25, -0.2) is 0 Å². The Morgan fingerprint density at radius 1 is 0.229 bits per heavy atom. The minimum atomic E-state index is -0.138. The van der Waals surface area contributed by atoms with Gasteiger partial charge in [-0.15, -0.1) is 0 Å². The highest BCUT2D eigenvalue weighted by atomic mass is 16.1. The normalized spacial score (nSPS) is 11.2. The van der Waals surface area contributed by atoms with E-state index in [2.05, 4.69) is 336 Å². The minimum absolute atomic E-state index is 0.138. The van der Waals surface area contributed by atoms with Crippen LogP contribution in [0.5, 0.6) is 0 Å². The quantitative estimate of drug-likeness (QED) is 0.101. The highest BCUT2D eigenvalue weighted by Gasteiger charge is 2.27. The number of carbonyl (C=O) groups is 1. The first-order valence-corrected chi connectivity index (χ1v) is 28.2. The topological polar surface area (TPSA) is 30.0 Å². The predicted octanol–water partition coefficient (Wildman–Crippen LogP) is 21.7. The second kappa shape index (κ2) is 21.9. The third-order valence-electron chi connectivity index (χ3n) is 15.7. The number of fused-ring (bicyclic) bond motifs is 4. The number of carbonyl (C=O) groups excluding carboxylic acids is 1. The van der Waals surface area contributed by atoms with Crippen molar-refractivity contribution in [2.24, 2.45) is 0 Å². The van der Waals surface area contributed by atoms with Gasteiger partial charge in [0.25, 0.3) is 0 Å². The van der Waals surface area contributed by atoms with E-state index in [9.17, 15) is 0 Å². The van der Waals surface area contributed by atoms with Crippen LogP contribution in [-0.4, -0.2) is 5.78 Å². The van der Waals surface area contributed by atoms with Crippen molar-refractivity contribution in [3.63, 3.8) is 0 Å². The Morgan fingerprint density at radius 2 is 0.482 bits per heavy atom. The van der Waals surface area contributed by atoms with E-state index in [0.717, 1.165) is 117 Å². The lowest BCUT2D eigenvalue weighted by atomic mass is 9.97. The minimum Gasteiger partial charge on any atom is -0.310 e. The van der Waals surface area contributed by atoms with Crippen LogP contribution in [0.2, 0.25) is 0 Å². The fourth-order valence-electron chi connectivity index (χ4n) is 12.0. The molecule has 0 aliphatic carbocycles. The van der Waals surface area contributed by atoms with Crippen LogP contribution in [0, 0.1) is 6.92 Å². The summed E-state index contributed by atoms with van der Waals surface area (Å²) >= 11 is 0. The van der Waals surface area contributed by atoms with Gasteiger partial charge in [-0.1, -0.05) is 212 Å². The van der Waals surface area contributed by atoms with Crippen molar-refractivity contribution in [2.45, 2.75) is 6.92 Å². The molecule has 14 aromatic carbocycles. The molecule has 0 spiro atoms. The molecule has 83 heavy (non-hydrogen) atoms. The second-order valence-electron chi connectivity index (χ2n) is 21.0. The van der Waals surface area contributed by atoms with Gasteiger partial charge in [0.05, 0.1) is 22.7 Å². The van der Waals surface area contributed by atoms with Crippen LogP contribution < -0.4 is 19.6 Å². The molecule has 0 aliphatic heterocycles. The molecule has 14 aromatic rings. The zero-order valence-corrected chi connectivity index (χ0v) is 45.8. The van der Waals surface area contributed by atoms with Gasteiger partial charge in [0, 0.05) is 78.2 Å². The largest absolute Gasteiger partial charge is 0.310 e. The molecular formula is C78H56N4O. The van der Waals surface area contributed by atoms with Crippen LogP contribution in [0.1, 0.15) is 21.5 Å². The number of hydrogen-bond donors (Lipinski definition) is 0. The standard InChI is InChI=1S/C78H56N4O/c1-55-24-19-39-65(48-55)82(77-47-23-32-59-28-14-18-43-73(59)77)69-52-61(51-68(54-69)81(64-37-9-4-10-38-64)76-46-22-31-58-27-13-17-42-72(58)76)78(83)60-49-66(79(62-33-5-2-6-34-62)74-44-20-29-56-25-11-15-40-70(56)74)53-67(50-60)80(63-35-7-3-8-36-63)75-45-21-30-57-26-12-16-41-71(57)75/h2-54H,1H3. The molecule has 0 bridgehead atoms. The Morgan fingerprint density at radius 3 is 0.795 bits per heavy atom. The van der Waals surface area contributed by atoms with E-state index in [1.807, 2.05) is 12.1 Å². The number of anilines is 12. The van der Waals surface area contributed by atoms with Crippen molar-refractivity contribution in [3.8, 4) is 0 Å². The first kappa shape index (κ1) is 50.2. The summed E-state index contributed by atoms with van der Waals surface area (Å²) in [6.45, 7) is 2.13. The molecule has 0 aliphatic rings. The third-order valence-corrected chi connectivity index (χ3v) is 15.7. The number of nitrogens with zero attached hydrogens (tertiary/aromatic N) is 4. The van der Waals surface area contributed by atoms with Crippen molar-refractivity contribution >= 4 is 117 Å². The smallest absolute Gasteiger partial charge is 0.193 e. The lowest BCUT2D eigenvalue weighted by Crippen LogP contribution is -2.17.